The summed E-state index contributed by atoms with van der Waals surface area (Å²) in [6, 6.07) is 15.2. The minimum Gasteiger partial charge on any atom is -0.457 e. The highest BCUT2D eigenvalue weighted by Crippen LogP contribution is 2.29. The first-order chi connectivity index (χ1) is 16.5. The number of benzene rings is 2. The van der Waals surface area contributed by atoms with E-state index in [0.717, 1.165) is 34.9 Å². The second-order valence-corrected chi connectivity index (χ2v) is 8.52. The van der Waals surface area contributed by atoms with Crippen molar-refractivity contribution >= 4 is 22.7 Å². The Morgan fingerprint density at radius 2 is 1.88 bits per heavy atom. The largest absolute Gasteiger partial charge is 0.457 e. The molecular weight excluding hydrogens is 430 g/mol. The Kier molecular flexibility index (Phi) is 5.71. The maximum absolute atomic E-state index is 13.0. The summed E-state index contributed by atoms with van der Waals surface area (Å²) in [6.45, 7) is 2.00. The number of aromatic nitrogens is 3. The lowest BCUT2D eigenvalue weighted by atomic mass is 9.88. The van der Waals surface area contributed by atoms with Crippen LogP contribution in [0.1, 0.15) is 44.1 Å². The van der Waals surface area contributed by atoms with Gasteiger partial charge in [0, 0.05) is 30.7 Å². The smallest absolute Gasteiger partial charge is 0.272 e. The number of rotatable bonds is 5. The third-order valence-corrected chi connectivity index (χ3v) is 6.10. The Bertz CT molecular complexity index is 1390. The third-order valence-electron chi connectivity index (χ3n) is 6.10. The predicted octanol–water partition coefficient (Wildman–Crippen LogP) is 3.71. The van der Waals surface area contributed by atoms with E-state index < -0.39 is 0 Å². The van der Waals surface area contributed by atoms with E-state index in [-0.39, 0.29) is 17.9 Å². The molecule has 0 spiro atoms. The number of aromatic amines is 1. The van der Waals surface area contributed by atoms with Crippen LogP contribution < -0.4 is 15.4 Å². The molecule has 0 saturated heterocycles. The Hall–Kier alpha value is -4.20. The summed E-state index contributed by atoms with van der Waals surface area (Å²) < 4.78 is 5.99. The zero-order chi connectivity index (χ0) is 23.7. The average molecular weight is 456 g/mol. The van der Waals surface area contributed by atoms with Gasteiger partial charge in [0.15, 0.2) is 5.69 Å². The van der Waals surface area contributed by atoms with E-state index in [1.54, 1.807) is 25.4 Å². The van der Waals surface area contributed by atoms with Crippen LogP contribution in [0.3, 0.4) is 0 Å². The first-order valence-corrected chi connectivity index (χ1v) is 11.2. The second kappa shape index (κ2) is 8.97. The topological polar surface area (TPSA) is 109 Å². The van der Waals surface area contributed by atoms with Crippen molar-refractivity contribution in [2.45, 2.75) is 32.2 Å². The van der Waals surface area contributed by atoms with Crippen LogP contribution in [0, 0.1) is 6.92 Å². The Morgan fingerprint density at radius 1 is 1.03 bits per heavy atom. The Balaban J connectivity index is 1.30. The first kappa shape index (κ1) is 21.6. The molecule has 0 fully saturated rings. The van der Waals surface area contributed by atoms with Crippen molar-refractivity contribution in [2.24, 2.45) is 0 Å². The molecule has 0 radical (unpaired) electrons. The van der Waals surface area contributed by atoms with Crippen LogP contribution in [0.2, 0.25) is 0 Å². The predicted molar refractivity (Wildman–Crippen MR) is 128 cm³/mol. The molecule has 3 N–H and O–H groups in total. The van der Waals surface area contributed by atoms with E-state index in [1.807, 2.05) is 37.3 Å². The van der Waals surface area contributed by atoms with Crippen LogP contribution in [-0.2, 0) is 12.8 Å². The van der Waals surface area contributed by atoms with Crippen molar-refractivity contribution < 1.29 is 14.3 Å². The molecule has 2 aromatic heterocycles. The number of pyridine rings is 1. The molecule has 2 amide bonds. The summed E-state index contributed by atoms with van der Waals surface area (Å²) in [7, 11) is 1.56. The molecule has 8 heteroatoms. The van der Waals surface area contributed by atoms with Crippen LogP contribution in [0.25, 0.3) is 10.9 Å². The number of ether oxygens (including phenoxy) is 1. The number of amides is 2. The van der Waals surface area contributed by atoms with E-state index in [4.69, 9.17) is 4.74 Å². The number of carbonyl (C=O) groups is 2. The number of nitrogens with zero attached hydrogens (tertiary/aromatic N) is 2. The molecule has 2 heterocycles. The fourth-order valence-corrected chi connectivity index (χ4v) is 4.34. The fraction of sp³-hybridized carbons (Fsp3) is 0.231. The molecule has 0 aliphatic heterocycles. The molecule has 34 heavy (non-hydrogen) atoms. The third kappa shape index (κ3) is 4.34. The van der Waals surface area contributed by atoms with Crippen molar-refractivity contribution in [1.82, 2.24) is 25.8 Å². The number of aryl methyl sites for hydroxylation is 2. The molecule has 1 aliphatic rings. The van der Waals surface area contributed by atoms with Gasteiger partial charge in [-0.3, -0.25) is 19.7 Å². The van der Waals surface area contributed by atoms with Gasteiger partial charge in [-0.25, -0.2) is 0 Å². The minimum atomic E-state index is -0.269. The number of fused-ring (bicyclic) bond motifs is 2. The lowest BCUT2D eigenvalue weighted by Crippen LogP contribution is -2.39. The lowest BCUT2D eigenvalue weighted by Gasteiger charge is -2.25. The van der Waals surface area contributed by atoms with Gasteiger partial charge in [-0.2, -0.15) is 5.10 Å². The van der Waals surface area contributed by atoms with Gasteiger partial charge in [0.2, 0.25) is 0 Å². The van der Waals surface area contributed by atoms with Crippen LogP contribution in [0.4, 0.5) is 0 Å². The van der Waals surface area contributed by atoms with Gasteiger partial charge in [-0.05, 0) is 67.6 Å². The Labute approximate surface area is 196 Å². The van der Waals surface area contributed by atoms with Crippen molar-refractivity contribution in [3.8, 4) is 11.5 Å². The number of hydrogen-bond acceptors (Lipinski definition) is 5. The number of H-pyrrole nitrogens is 1. The van der Waals surface area contributed by atoms with E-state index in [1.165, 1.54) is 5.56 Å². The lowest BCUT2D eigenvalue weighted by molar-refractivity contribution is 0.0928. The van der Waals surface area contributed by atoms with Gasteiger partial charge in [0.1, 0.15) is 17.2 Å². The highest BCUT2D eigenvalue weighted by molar-refractivity contribution is 6.04. The van der Waals surface area contributed by atoms with E-state index in [2.05, 4.69) is 31.9 Å². The number of carbonyl (C=O) groups excluding carboxylic acids is 2. The average Bonchev–Trinajstić information content (AvgIpc) is 3.26. The number of hydrogen-bond donors (Lipinski definition) is 3. The molecule has 0 saturated carbocycles. The molecule has 5 rings (SSSR count). The van der Waals surface area contributed by atoms with Crippen molar-refractivity contribution in [1.29, 1.82) is 0 Å². The normalized spacial score (nSPS) is 14.9. The quantitative estimate of drug-likeness (QED) is 0.425. The van der Waals surface area contributed by atoms with Crippen molar-refractivity contribution in [3.05, 3.63) is 82.8 Å². The van der Waals surface area contributed by atoms with Gasteiger partial charge < -0.3 is 15.4 Å². The van der Waals surface area contributed by atoms with E-state index in [9.17, 15) is 9.59 Å². The highest BCUT2D eigenvalue weighted by Gasteiger charge is 2.23. The molecule has 4 aromatic rings. The highest BCUT2D eigenvalue weighted by atomic mass is 16.5. The number of nitrogens with one attached hydrogen (secondary N) is 3. The van der Waals surface area contributed by atoms with Gasteiger partial charge >= 0.3 is 0 Å². The van der Waals surface area contributed by atoms with Crippen LogP contribution >= 0.6 is 0 Å². The summed E-state index contributed by atoms with van der Waals surface area (Å²) in [5.74, 6) is 0.772. The summed E-state index contributed by atoms with van der Waals surface area (Å²) in [4.78, 5) is 28.9. The Morgan fingerprint density at radius 3 is 2.74 bits per heavy atom. The van der Waals surface area contributed by atoms with Crippen LogP contribution in [0.15, 0.2) is 54.7 Å². The van der Waals surface area contributed by atoms with Gasteiger partial charge in [0.25, 0.3) is 11.8 Å². The maximum atomic E-state index is 13.0. The summed E-state index contributed by atoms with van der Waals surface area (Å²) >= 11 is 0. The second-order valence-electron chi connectivity index (χ2n) is 8.52. The summed E-state index contributed by atoms with van der Waals surface area (Å²) in [5.41, 5.74) is 5.03. The first-order valence-electron chi connectivity index (χ1n) is 11.2. The van der Waals surface area contributed by atoms with Gasteiger partial charge in [-0.1, -0.05) is 17.7 Å². The van der Waals surface area contributed by atoms with Crippen molar-refractivity contribution in [2.75, 3.05) is 7.05 Å². The summed E-state index contributed by atoms with van der Waals surface area (Å²) in [5, 5.41) is 13.7. The molecule has 2 aromatic carbocycles. The zero-order valence-corrected chi connectivity index (χ0v) is 19.0. The van der Waals surface area contributed by atoms with Crippen LogP contribution in [-0.4, -0.2) is 40.1 Å². The van der Waals surface area contributed by atoms with Crippen molar-refractivity contribution in [3.63, 3.8) is 0 Å². The molecule has 172 valence electrons. The zero-order valence-electron chi connectivity index (χ0n) is 19.0. The molecule has 1 aliphatic carbocycles. The SMILES string of the molecule is CNC(=O)c1cc(Oc2ccc3c(c2)CC(NC(=O)c2n[nH]c4ccc(C)cc24)CC3)ccn1. The van der Waals surface area contributed by atoms with E-state index >= 15 is 0 Å². The molecule has 1 unspecified atom stereocenters. The van der Waals surface area contributed by atoms with Gasteiger partial charge in [-0.15, -0.1) is 0 Å². The standard InChI is InChI=1S/C26H25N5O3/c1-15-3-8-22-21(11-15)24(31-30-22)26(33)29-18-6-4-16-5-7-19(13-17(16)12-18)34-20-9-10-28-23(14-20)25(32)27-2/h3,5,7-11,13-14,18H,4,6,12H2,1-2H3,(H,27,32)(H,29,33)(H,30,31). The minimum absolute atomic E-state index is 0.00703. The fourth-order valence-electron chi connectivity index (χ4n) is 4.34. The molecule has 8 nitrogen and oxygen atoms in total. The van der Waals surface area contributed by atoms with Crippen LogP contribution in [0.5, 0.6) is 11.5 Å². The molecule has 1 atom stereocenters. The molecular formula is C26H25N5O3. The maximum Gasteiger partial charge on any atom is 0.272 e. The van der Waals surface area contributed by atoms with E-state index in [0.29, 0.717) is 29.3 Å². The monoisotopic (exact) mass is 455 g/mol. The molecule has 0 bridgehead atoms. The van der Waals surface area contributed by atoms with Gasteiger partial charge in [0.05, 0.1) is 5.52 Å². The summed E-state index contributed by atoms with van der Waals surface area (Å²) in [6.07, 6.45) is 3.99.